The summed E-state index contributed by atoms with van der Waals surface area (Å²) in [5.74, 6) is 0.00216. The third kappa shape index (κ3) is 13.5. The molecule has 2 aromatic carbocycles. The quantitative estimate of drug-likeness (QED) is 0.0482. The van der Waals surface area contributed by atoms with Crippen LogP contribution >= 0.6 is 46.4 Å². The molecule has 294 valence electrons. The fourth-order valence-electron chi connectivity index (χ4n) is 6.73. The van der Waals surface area contributed by atoms with Crippen molar-refractivity contribution in [1.29, 1.82) is 0 Å². The minimum absolute atomic E-state index is 0. The molecule has 10 nitrogen and oxygen atoms in total. The molecule has 0 fully saturated rings. The van der Waals surface area contributed by atoms with E-state index in [9.17, 15) is 25.9 Å². The Labute approximate surface area is 363 Å². The SMILES string of the molecule is CCCCCCCCN1C(=CC=Cc2n(CCS(=O)(=O)[O-])c3cc(Cl)c(Cl)cc3[n+]2CCCCCCCC)N(CCS(=O)(=O)[O-])c2cc(Cl)c(Cl)cc21.[Na+]. The smallest absolute Gasteiger partial charge is 0.748 e. The van der Waals surface area contributed by atoms with Crippen LogP contribution in [0.5, 0.6) is 0 Å². The van der Waals surface area contributed by atoms with Gasteiger partial charge in [0.2, 0.25) is 0 Å². The summed E-state index contributed by atoms with van der Waals surface area (Å²) in [6, 6.07) is 6.86. The van der Waals surface area contributed by atoms with Gasteiger partial charge in [-0.15, -0.1) is 0 Å². The van der Waals surface area contributed by atoms with E-state index >= 15 is 0 Å². The van der Waals surface area contributed by atoms with Crippen LogP contribution in [0.2, 0.25) is 20.1 Å². The number of anilines is 2. The second-order valence-corrected chi connectivity index (χ2v) is 18.1. The van der Waals surface area contributed by atoms with Crippen LogP contribution in [0.3, 0.4) is 0 Å². The average molecular weight is 875 g/mol. The van der Waals surface area contributed by atoms with Crippen LogP contribution in [0, 0.1) is 0 Å². The molecule has 1 aliphatic heterocycles. The maximum Gasteiger partial charge on any atom is 1.00 e. The van der Waals surface area contributed by atoms with Crippen molar-refractivity contribution in [1.82, 2.24) is 4.57 Å². The molecule has 0 amide bonds. The number of hydrogen-bond donors (Lipinski definition) is 0. The molecule has 0 N–H and O–H groups in total. The van der Waals surface area contributed by atoms with E-state index in [1.165, 1.54) is 12.8 Å². The van der Waals surface area contributed by atoms with Crippen molar-refractivity contribution < 1.29 is 60.1 Å². The summed E-state index contributed by atoms with van der Waals surface area (Å²) in [5.41, 5.74) is 2.75. The monoisotopic (exact) mass is 872 g/mol. The normalized spacial score (nSPS) is 14.2. The molecule has 54 heavy (non-hydrogen) atoms. The number of aromatic nitrogens is 2. The van der Waals surface area contributed by atoms with Gasteiger partial charge < -0.3 is 18.9 Å². The van der Waals surface area contributed by atoms with E-state index in [4.69, 9.17) is 46.4 Å². The Morgan fingerprint density at radius 2 is 1.13 bits per heavy atom. The van der Waals surface area contributed by atoms with Crippen molar-refractivity contribution >= 4 is 95.1 Å². The van der Waals surface area contributed by atoms with E-state index in [0.29, 0.717) is 56.0 Å². The Morgan fingerprint density at radius 1 is 0.648 bits per heavy atom. The second-order valence-electron chi connectivity index (χ2n) is 13.4. The summed E-state index contributed by atoms with van der Waals surface area (Å²) in [7, 11) is -9.10. The van der Waals surface area contributed by atoms with Gasteiger partial charge in [-0.1, -0.05) is 124 Å². The summed E-state index contributed by atoms with van der Waals surface area (Å²) in [5, 5.41) is 1.28. The first-order chi connectivity index (χ1) is 25.1. The van der Waals surface area contributed by atoms with Gasteiger partial charge in [0.1, 0.15) is 12.4 Å². The minimum atomic E-state index is -4.55. The van der Waals surface area contributed by atoms with E-state index in [1.54, 1.807) is 39.8 Å². The van der Waals surface area contributed by atoms with Gasteiger partial charge in [-0.25, -0.2) is 26.0 Å². The molecule has 0 aliphatic carbocycles. The van der Waals surface area contributed by atoms with Crippen molar-refractivity contribution in [2.24, 2.45) is 0 Å². The Hall–Kier alpha value is -1.03. The van der Waals surface area contributed by atoms with Crippen molar-refractivity contribution in [2.45, 2.75) is 104 Å². The molecule has 3 aromatic rings. The molecular weight excluding hydrogens is 825 g/mol. The fourth-order valence-corrected chi connectivity index (χ4v) is 8.17. The van der Waals surface area contributed by atoms with Crippen LogP contribution in [0.1, 0.15) is 96.7 Å². The first-order valence-corrected chi connectivity index (χ1v) is 23.0. The number of rotatable bonds is 22. The number of benzene rings is 2. The van der Waals surface area contributed by atoms with Crippen molar-refractivity contribution in [3.05, 3.63) is 68.2 Å². The Bertz CT molecular complexity index is 2010. The average Bonchev–Trinajstić information content (AvgIpc) is 3.51. The molecule has 0 radical (unpaired) electrons. The molecular formula is C37H49Cl4N4NaO6S2. The predicted octanol–water partition coefficient (Wildman–Crippen LogP) is 6.54. The van der Waals surface area contributed by atoms with Crippen LogP contribution < -0.4 is 43.9 Å². The van der Waals surface area contributed by atoms with E-state index < -0.39 is 31.7 Å². The summed E-state index contributed by atoms with van der Waals surface area (Å²) >= 11 is 25.9. The van der Waals surface area contributed by atoms with Gasteiger partial charge in [-0.05, 0) is 37.5 Å². The summed E-state index contributed by atoms with van der Waals surface area (Å²) in [6.45, 7) is 5.33. The number of halogens is 4. The van der Waals surface area contributed by atoms with Crippen LogP contribution in [0.15, 0.2) is 42.2 Å². The van der Waals surface area contributed by atoms with Crippen molar-refractivity contribution in [3.8, 4) is 0 Å². The number of imidazole rings is 1. The standard InChI is InChI=1S/C37H50Cl4N4O6S2.Na/c1-3-5-7-9-11-13-18-42-32-24-28(38)30(40)26-34(32)44(20-22-52(46,47)48)36(42)16-15-17-37-43(19-14-12-10-8-6-4-2)33-25-29(39)31(41)27-35(33)45(37)21-23-53(49,50)51;/h15-17,24-27H,3-14,18-23H2,1-2H3,(H-,46,47,48,49,50,51);/q;+1/p-1. The van der Waals surface area contributed by atoms with Gasteiger partial charge in [0, 0.05) is 31.3 Å². The van der Waals surface area contributed by atoms with Gasteiger partial charge in [-0.3, -0.25) is 0 Å². The number of nitrogens with zero attached hydrogens (tertiary/aromatic N) is 4. The van der Waals surface area contributed by atoms with Gasteiger partial charge in [0.05, 0.1) is 69.8 Å². The molecule has 0 unspecified atom stereocenters. The minimum Gasteiger partial charge on any atom is -0.748 e. The third-order valence-corrected chi connectivity index (χ3v) is 12.2. The number of hydrogen-bond acceptors (Lipinski definition) is 8. The summed E-state index contributed by atoms with van der Waals surface area (Å²) in [6.07, 6.45) is 18.2. The number of aryl methyl sites for hydroxylation is 2. The predicted molar refractivity (Wildman–Crippen MR) is 216 cm³/mol. The van der Waals surface area contributed by atoms with Crippen LogP contribution in [0.4, 0.5) is 11.4 Å². The van der Waals surface area contributed by atoms with Gasteiger partial charge in [-0.2, -0.15) is 0 Å². The maximum absolute atomic E-state index is 11.8. The Morgan fingerprint density at radius 3 is 1.70 bits per heavy atom. The van der Waals surface area contributed by atoms with Crippen LogP contribution in [-0.2, 0) is 33.3 Å². The summed E-state index contributed by atoms with van der Waals surface area (Å²) < 4.78 is 74.9. The molecule has 17 heteroatoms. The Kier molecular flexibility index (Phi) is 19.5. The zero-order chi connectivity index (χ0) is 38.8. The zero-order valence-electron chi connectivity index (χ0n) is 31.3. The molecule has 4 rings (SSSR count). The third-order valence-electron chi connectivity index (χ3n) is 9.40. The number of unbranched alkanes of at least 4 members (excludes halogenated alkanes) is 10. The van der Waals surface area contributed by atoms with Gasteiger partial charge >= 0.3 is 29.6 Å². The van der Waals surface area contributed by atoms with Gasteiger partial charge in [0.15, 0.2) is 11.0 Å². The molecule has 2 heterocycles. The number of allylic oxidation sites excluding steroid dienone is 2. The zero-order valence-corrected chi connectivity index (χ0v) is 38.0. The van der Waals surface area contributed by atoms with E-state index in [0.717, 1.165) is 75.4 Å². The van der Waals surface area contributed by atoms with Crippen LogP contribution in [0.25, 0.3) is 17.1 Å². The maximum atomic E-state index is 11.8. The molecule has 0 saturated carbocycles. The molecule has 1 aromatic heterocycles. The first-order valence-electron chi connectivity index (χ1n) is 18.4. The largest absolute Gasteiger partial charge is 1.00 e. The molecule has 1 aliphatic rings. The fraction of sp³-hybridized carbons (Fsp3) is 0.541. The van der Waals surface area contributed by atoms with Gasteiger partial charge in [0.25, 0.3) is 5.82 Å². The second kappa shape index (κ2) is 22.2. The van der Waals surface area contributed by atoms with Crippen LogP contribution in [-0.4, -0.2) is 55.1 Å². The van der Waals surface area contributed by atoms with E-state index in [2.05, 4.69) is 23.3 Å². The molecule has 0 atom stereocenters. The van der Waals surface area contributed by atoms with E-state index in [-0.39, 0.29) is 42.6 Å². The molecule has 0 bridgehead atoms. The van der Waals surface area contributed by atoms with Crippen molar-refractivity contribution in [3.63, 3.8) is 0 Å². The first kappa shape index (κ1) is 47.3. The molecule has 0 saturated heterocycles. The molecule has 0 spiro atoms. The van der Waals surface area contributed by atoms with E-state index in [1.807, 2.05) is 12.2 Å². The topological polar surface area (TPSA) is 130 Å². The number of fused-ring (bicyclic) bond motifs is 2. The van der Waals surface area contributed by atoms with Crippen molar-refractivity contribution in [2.75, 3.05) is 34.4 Å². The summed E-state index contributed by atoms with van der Waals surface area (Å²) in [4.78, 5) is 3.82. The Balaban J connectivity index is 0.00000784.